The second kappa shape index (κ2) is 7.98. The molecule has 35 heavy (non-hydrogen) atoms. The summed E-state index contributed by atoms with van der Waals surface area (Å²) in [6, 6.07) is 26.5. The van der Waals surface area contributed by atoms with E-state index in [1.54, 1.807) is 5.57 Å². The Morgan fingerprint density at radius 3 is 2.26 bits per heavy atom. The summed E-state index contributed by atoms with van der Waals surface area (Å²) in [5, 5.41) is 3.03. The summed E-state index contributed by atoms with van der Waals surface area (Å²) in [5.74, 6) is 0.553. The van der Waals surface area contributed by atoms with Crippen LogP contribution in [-0.2, 0) is 0 Å². The second-order valence-electron chi connectivity index (χ2n) is 9.73. The summed E-state index contributed by atoms with van der Waals surface area (Å²) in [7, 11) is 0. The van der Waals surface area contributed by atoms with Gasteiger partial charge in [0.2, 0.25) is 0 Å². The Kier molecular flexibility index (Phi) is 4.84. The number of rotatable bonds is 2. The van der Waals surface area contributed by atoms with E-state index < -0.39 is 0 Å². The average Bonchev–Trinajstić information content (AvgIpc) is 3.51. The third-order valence-corrected chi connectivity index (χ3v) is 10.7. The number of allylic oxidation sites excluding steroid dienone is 4. The van der Waals surface area contributed by atoms with Crippen LogP contribution in [-0.4, -0.2) is 0 Å². The lowest BCUT2D eigenvalue weighted by atomic mass is 9.87. The summed E-state index contributed by atoms with van der Waals surface area (Å²) in [4.78, 5) is 4.22. The fourth-order valence-electron chi connectivity index (χ4n) is 6.04. The monoisotopic (exact) mass is 486 g/mol. The topological polar surface area (TPSA) is 0 Å². The van der Waals surface area contributed by atoms with Crippen LogP contribution in [0.2, 0.25) is 0 Å². The lowest BCUT2D eigenvalue weighted by molar-refractivity contribution is 0.616. The highest BCUT2D eigenvalue weighted by Gasteiger charge is 2.35. The molecule has 2 unspecified atom stereocenters. The summed E-state index contributed by atoms with van der Waals surface area (Å²) in [5.41, 5.74) is 11.0. The second-order valence-corrected chi connectivity index (χ2v) is 12.1. The molecule has 3 aromatic carbocycles. The zero-order chi connectivity index (χ0) is 23.7. The zero-order valence-electron chi connectivity index (χ0n) is 20.0. The Labute approximate surface area is 215 Å². The van der Waals surface area contributed by atoms with Crippen LogP contribution in [0.25, 0.3) is 44.8 Å². The predicted octanol–water partition coefficient (Wildman–Crippen LogP) is 8.33. The lowest BCUT2D eigenvalue weighted by Gasteiger charge is -2.21. The number of hydrogen-bond acceptors (Lipinski definition) is 2. The van der Waals surface area contributed by atoms with Gasteiger partial charge in [-0.3, -0.25) is 0 Å². The van der Waals surface area contributed by atoms with Gasteiger partial charge < -0.3 is 0 Å². The van der Waals surface area contributed by atoms with E-state index >= 15 is 0 Å². The molecule has 1 aromatic heterocycles. The number of thiophene rings is 1. The smallest absolute Gasteiger partial charge is 0.0440 e. The van der Waals surface area contributed by atoms with Crippen molar-refractivity contribution in [3.63, 3.8) is 0 Å². The van der Waals surface area contributed by atoms with Crippen LogP contribution in [0.5, 0.6) is 0 Å². The first-order valence-electron chi connectivity index (χ1n) is 12.3. The molecule has 2 atom stereocenters. The highest BCUT2D eigenvalue weighted by Crippen LogP contribution is 2.54. The van der Waals surface area contributed by atoms with E-state index in [0.717, 1.165) is 6.42 Å². The molecular weight excluding hydrogens is 460 g/mol. The molecule has 7 rings (SSSR count). The molecule has 0 nitrogen and oxygen atoms in total. The minimum absolute atomic E-state index is 0.462. The Hall–Kier alpha value is -3.07. The van der Waals surface area contributed by atoms with Crippen LogP contribution in [0.3, 0.4) is 0 Å². The molecule has 0 spiro atoms. The summed E-state index contributed by atoms with van der Waals surface area (Å²) < 4.78 is 0. The molecule has 170 valence electrons. The van der Waals surface area contributed by atoms with E-state index in [-0.39, 0.29) is 0 Å². The molecule has 2 aliphatic carbocycles. The fourth-order valence-corrected chi connectivity index (χ4v) is 8.96. The van der Waals surface area contributed by atoms with Crippen LogP contribution in [0.4, 0.5) is 0 Å². The number of fused-ring (bicyclic) bond motifs is 6. The number of hydrogen-bond donors (Lipinski definition) is 0. The molecule has 0 saturated heterocycles. The van der Waals surface area contributed by atoms with Gasteiger partial charge in [-0.1, -0.05) is 97.1 Å². The average molecular weight is 487 g/mol. The van der Waals surface area contributed by atoms with Crippen LogP contribution in [0, 0.1) is 5.92 Å². The molecule has 0 fully saturated rings. The van der Waals surface area contributed by atoms with Crippen molar-refractivity contribution in [2.24, 2.45) is 5.92 Å². The van der Waals surface area contributed by atoms with Crippen molar-refractivity contribution >= 4 is 35.3 Å². The number of benzene rings is 3. The largest absolute Gasteiger partial charge is 0.134 e. The maximum atomic E-state index is 4.71. The normalized spacial score (nSPS) is 20.8. The molecular formula is C33H26S2. The molecule has 2 heteroatoms. The maximum Gasteiger partial charge on any atom is 0.0440 e. The van der Waals surface area contributed by atoms with Crippen molar-refractivity contribution in [3.8, 4) is 32.7 Å². The van der Waals surface area contributed by atoms with Gasteiger partial charge in [0.05, 0.1) is 0 Å². The van der Waals surface area contributed by atoms with E-state index in [0.29, 0.717) is 11.2 Å². The van der Waals surface area contributed by atoms with Gasteiger partial charge in [0.15, 0.2) is 0 Å². The van der Waals surface area contributed by atoms with Gasteiger partial charge in [-0.05, 0) is 57.9 Å². The van der Waals surface area contributed by atoms with Gasteiger partial charge >= 0.3 is 0 Å². The Morgan fingerprint density at radius 2 is 1.51 bits per heavy atom. The third-order valence-electron chi connectivity index (χ3n) is 7.90. The molecule has 3 aliphatic rings. The van der Waals surface area contributed by atoms with Crippen LogP contribution < -0.4 is 10.4 Å². The summed E-state index contributed by atoms with van der Waals surface area (Å²) in [6.45, 7) is 9.32. The molecule has 0 saturated carbocycles. The van der Waals surface area contributed by atoms with Gasteiger partial charge in [-0.25, -0.2) is 0 Å². The van der Waals surface area contributed by atoms with Gasteiger partial charge in [-0.2, -0.15) is 0 Å². The molecule has 0 radical (unpaired) electrons. The van der Waals surface area contributed by atoms with Gasteiger partial charge in [0, 0.05) is 37.6 Å². The first kappa shape index (κ1) is 21.2. The van der Waals surface area contributed by atoms with Crippen molar-refractivity contribution in [3.05, 3.63) is 116 Å². The lowest BCUT2D eigenvalue weighted by Crippen LogP contribution is -2.30. The highest BCUT2D eigenvalue weighted by atomic mass is 32.2. The minimum atomic E-state index is 0.462. The molecule has 1 aliphatic heterocycles. The van der Waals surface area contributed by atoms with Crippen LogP contribution in [0.15, 0.2) is 95.4 Å². The minimum Gasteiger partial charge on any atom is -0.134 e. The summed E-state index contributed by atoms with van der Waals surface area (Å²) >= 11 is 3.98. The zero-order valence-corrected chi connectivity index (χ0v) is 21.6. The predicted molar refractivity (Wildman–Crippen MR) is 154 cm³/mol. The van der Waals surface area contributed by atoms with Crippen molar-refractivity contribution in [2.45, 2.75) is 25.5 Å². The summed E-state index contributed by atoms with van der Waals surface area (Å²) in [6.07, 6.45) is 5.90. The highest BCUT2D eigenvalue weighted by molar-refractivity contribution is 8.03. The van der Waals surface area contributed by atoms with Crippen LogP contribution in [0.1, 0.15) is 36.0 Å². The van der Waals surface area contributed by atoms with E-state index in [4.69, 9.17) is 6.58 Å². The molecule has 0 N–H and O–H groups in total. The quantitative estimate of drug-likeness (QED) is 0.274. The molecule has 4 aromatic rings. The number of thioether (sulfide) groups is 1. The fraction of sp³-hybridized carbons (Fsp3) is 0.152. The molecule has 2 bridgehead atoms. The Morgan fingerprint density at radius 1 is 0.800 bits per heavy atom. The Bertz CT molecular complexity index is 1670. The first-order chi connectivity index (χ1) is 17.1. The SMILES string of the molecule is C=c1c2ccc3c1=C(/C=C\CC1C(C)=C(C)SC21)c1sc(-c2ccccc2)c(-c2ccccc2)c1-3. The standard InChI is InChI=1S/C33H26S2/c1-19-21(3)34-32-24(19)15-10-16-27-28-20(2)25(32)17-18-26(28)30-29(22-11-6-4-7-12-22)31(35-33(27)30)23-13-8-5-9-14-23/h4-14,16-18,24,32H,2,15H2,1,3H3/b16-10-. The van der Waals surface area contributed by atoms with Gasteiger partial charge in [0.25, 0.3) is 0 Å². The molecule has 0 amide bonds. The van der Waals surface area contributed by atoms with Gasteiger partial charge in [-0.15, -0.1) is 23.1 Å². The molecule has 2 heterocycles. The van der Waals surface area contributed by atoms with Crippen molar-refractivity contribution in [1.82, 2.24) is 0 Å². The van der Waals surface area contributed by atoms with Crippen molar-refractivity contribution in [1.29, 1.82) is 0 Å². The van der Waals surface area contributed by atoms with E-state index in [1.807, 2.05) is 23.1 Å². The van der Waals surface area contributed by atoms with Crippen molar-refractivity contribution in [2.75, 3.05) is 0 Å². The van der Waals surface area contributed by atoms with E-state index in [9.17, 15) is 0 Å². The van der Waals surface area contributed by atoms with Crippen LogP contribution >= 0.6 is 23.1 Å². The Balaban J connectivity index is 1.53. The first-order valence-corrected chi connectivity index (χ1v) is 14.0. The van der Waals surface area contributed by atoms with E-state index in [2.05, 4.69) is 98.8 Å². The maximum absolute atomic E-state index is 4.71. The van der Waals surface area contributed by atoms with Gasteiger partial charge in [0.1, 0.15) is 0 Å². The van der Waals surface area contributed by atoms with Crippen molar-refractivity contribution < 1.29 is 0 Å². The van der Waals surface area contributed by atoms with E-state index in [1.165, 1.54) is 64.1 Å². The third kappa shape index (κ3) is 3.06.